The van der Waals surface area contributed by atoms with Crippen LogP contribution in [0.5, 0.6) is 0 Å². The maximum Gasteiger partial charge on any atom is 0.235 e. The average Bonchev–Trinajstić information content (AvgIpc) is 3.24. The summed E-state index contributed by atoms with van der Waals surface area (Å²) in [6, 6.07) is 16.3. The van der Waals surface area contributed by atoms with Crippen molar-refractivity contribution >= 4 is 22.6 Å². The lowest BCUT2D eigenvalue weighted by atomic mass is 9.84. The molecule has 25 heavy (non-hydrogen) atoms. The van der Waals surface area contributed by atoms with Crippen LogP contribution in [-0.4, -0.2) is 15.9 Å². The number of aromatic amines is 1. The second kappa shape index (κ2) is 5.45. The monoisotopic (exact) mass is 327 g/mol. The Morgan fingerprint density at radius 1 is 1.00 bits per heavy atom. The summed E-state index contributed by atoms with van der Waals surface area (Å²) in [5, 5.41) is 0. The van der Waals surface area contributed by atoms with E-state index in [1.807, 2.05) is 59.5 Å². The molecule has 4 heteroatoms. The SMILES string of the molecule is O=C1C2C=CC=CC2C(c2ccccc2)N1c1ccc2nc[nH]c2c1. The maximum atomic E-state index is 13.2. The summed E-state index contributed by atoms with van der Waals surface area (Å²) >= 11 is 0. The molecule has 1 aliphatic heterocycles. The Labute approximate surface area is 145 Å². The first-order valence-corrected chi connectivity index (χ1v) is 8.49. The van der Waals surface area contributed by atoms with Gasteiger partial charge >= 0.3 is 0 Å². The first kappa shape index (κ1) is 14.2. The minimum absolute atomic E-state index is 0.000251. The number of nitrogens with zero attached hydrogens (tertiary/aromatic N) is 2. The highest BCUT2D eigenvalue weighted by atomic mass is 16.2. The summed E-state index contributed by atoms with van der Waals surface area (Å²) in [6.45, 7) is 0. The molecule has 0 spiro atoms. The molecule has 3 unspecified atom stereocenters. The van der Waals surface area contributed by atoms with Crippen molar-refractivity contribution in [3.63, 3.8) is 0 Å². The average molecular weight is 327 g/mol. The standard InChI is InChI=1S/C21H17N3O/c25-21-17-9-5-4-8-16(17)20(14-6-2-1-3-7-14)24(21)15-10-11-18-19(12-15)23-13-22-18/h1-13,16-17,20H,(H,22,23). The molecule has 1 aliphatic carbocycles. The third-order valence-electron chi connectivity index (χ3n) is 5.17. The molecule has 0 saturated carbocycles. The van der Waals surface area contributed by atoms with Gasteiger partial charge in [0.25, 0.3) is 0 Å². The number of allylic oxidation sites excluding steroid dienone is 2. The first-order valence-electron chi connectivity index (χ1n) is 8.49. The molecule has 122 valence electrons. The minimum Gasteiger partial charge on any atom is -0.345 e. The summed E-state index contributed by atoms with van der Waals surface area (Å²) in [6.07, 6.45) is 9.89. The van der Waals surface area contributed by atoms with Crippen LogP contribution in [-0.2, 0) is 4.79 Å². The predicted molar refractivity (Wildman–Crippen MR) is 98.0 cm³/mol. The van der Waals surface area contributed by atoms with Gasteiger partial charge in [-0.05, 0) is 23.8 Å². The molecule has 2 aromatic carbocycles. The molecular formula is C21H17N3O. The van der Waals surface area contributed by atoms with Gasteiger partial charge in [0.05, 0.1) is 29.3 Å². The lowest BCUT2D eigenvalue weighted by molar-refractivity contribution is -0.119. The number of hydrogen-bond acceptors (Lipinski definition) is 2. The molecule has 1 fully saturated rings. The van der Waals surface area contributed by atoms with Crippen molar-refractivity contribution in [3.8, 4) is 0 Å². The third kappa shape index (κ3) is 2.14. The summed E-state index contributed by atoms with van der Waals surface area (Å²) in [5.74, 6) is 0.198. The second-order valence-electron chi connectivity index (χ2n) is 6.54. The van der Waals surface area contributed by atoms with Crippen LogP contribution in [0, 0.1) is 11.8 Å². The zero-order chi connectivity index (χ0) is 16.8. The number of carbonyl (C=O) groups is 1. The Hall–Kier alpha value is -3.14. The molecule has 2 aliphatic rings. The number of aromatic nitrogens is 2. The fourth-order valence-corrected chi connectivity index (χ4v) is 4.03. The van der Waals surface area contributed by atoms with Gasteiger partial charge in [-0.1, -0.05) is 54.6 Å². The van der Waals surface area contributed by atoms with Crippen LogP contribution < -0.4 is 4.90 Å². The van der Waals surface area contributed by atoms with Gasteiger partial charge in [0.1, 0.15) is 0 Å². The van der Waals surface area contributed by atoms with E-state index in [0.29, 0.717) is 0 Å². The van der Waals surface area contributed by atoms with Crippen molar-refractivity contribution in [1.82, 2.24) is 9.97 Å². The van der Waals surface area contributed by atoms with Crippen molar-refractivity contribution < 1.29 is 4.79 Å². The van der Waals surface area contributed by atoms with E-state index in [4.69, 9.17) is 0 Å². The van der Waals surface area contributed by atoms with Crippen LogP contribution in [0.1, 0.15) is 11.6 Å². The van der Waals surface area contributed by atoms with Crippen LogP contribution >= 0.6 is 0 Å². The second-order valence-corrected chi connectivity index (χ2v) is 6.54. The van der Waals surface area contributed by atoms with Crippen molar-refractivity contribution in [2.45, 2.75) is 6.04 Å². The normalized spacial score (nSPS) is 24.9. The van der Waals surface area contributed by atoms with Gasteiger partial charge in [-0.2, -0.15) is 0 Å². The van der Waals surface area contributed by atoms with Gasteiger partial charge < -0.3 is 9.88 Å². The highest BCUT2D eigenvalue weighted by Gasteiger charge is 2.47. The topological polar surface area (TPSA) is 49.0 Å². The molecule has 5 rings (SSSR count). The molecule has 1 aromatic heterocycles. The van der Waals surface area contributed by atoms with E-state index >= 15 is 0 Å². The van der Waals surface area contributed by atoms with Crippen LogP contribution in [0.3, 0.4) is 0 Å². The van der Waals surface area contributed by atoms with E-state index in [1.165, 1.54) is 0 Å². The van der Waals surface area contributed by atoms with E-state index in [-0.39, 0.29) is 23.8 Å². The third-order valence-corrected chi connectivity index (χ3v) is 5.17. The van der Waals surface area contributed by atoms with Gasteiger partial charge in [0.2, 0.25) is 5.91 Å². The van der Waals surface area contributed by atoms with Crippen LogP contribution in [0.15, 0.2) is 79.2 Å². The zero-order valence-electron chi connectivity index (χ0n) is 13.5. The molecule has 1 amide bonds. The van der Waals surface area contributed by atoms with Crippen LogP contribution in [0.25, 0.3) is 11.0 Å². The van der Waals surface area contributed by atoms with E-state index in [9.17, 15) is 4.79 Å². The molecule has 1 saturated heterocycles. The summed E-state index contributed by atoms with van der Waals surface area (Å²) in [7, 11) is 0. The Balaban J connectivity index is 1.67. The largest absolute Gasteiger partial charge is 0.345 e. The van der Waals surface area contributed by atoms with Crippen molar-refractivity contribution in [2.75, 3.05) is 4.90 Å². The highest BCUT2D eigenvalue weighted by molar-refractivity contribution is 6.01. The molecule has 2 heterocycles. The molecular weight excluding hydrogens is 310 g/mol. The number of amides is 1. The minimum atomic E-state index is -0.104. The number of nitrogens with one attached hydrogen (secondary N) is 1. The number of imidazole rings is 1. The number of fused-ring (bicyclic) bond motifs is 2. The fourth-order valence-electron chi connectivity index (χ4n) is 4.03. The Morgan fingerprint density at radius 2 is 1.84 bits per heavy atom. The molecule has 1 N–H and O–H groups in total. The number of rotatable bonds is 2. The quantitative estimate of drug-likeness (QED) is 0.773. The summed E-state index contributed by atoms with van der Waals surface area (Å²) in [5.41, 5.74) is 3.92. The number of carbonyl (C=O) groups excluding carboxylic acids is 1. The fraction of sp³-hybridized carbons (Fsp3) is 0.143. The molecule has 4 nitrogen and oxygen atoms in total. The number of H-pyrrole nitrogens is 1. The molecule has 3 atom stereocenters. The predicted octanol–water partition coefficient (Wildman–Crippen LogP) is 4.01. The molecule has 0 bridgehead atoms. The summed E-state index contributed by atoms with van der Waals surface area (Å²) < 4.78 is 0. The van der Waals surface area contributed by atoms with Crippen molar-refractivity contribution in [1.29, 1.82) is 0 Å². The molecule has 3 aromatic rings. The van der Waals surface area contributed by atoms with Gasteiger partial charge in [0.15, 0.2) is 0 Å². The summed E-state index contributed by atoms with van der Waals surface area (Å²) in [4.78, 5) is 22.6. The zero-order valence-corrected chi connectivity index (χ0v) is 13.5. The first-order chi connectivity index (χ1) is 12.3. The Morgan fingerprint density at radius 3 is 2.72 bits per heavy atom. The van der Waals surface area contributed by atoms with Gasteiger partial charge in [-0.15, -0.1) is 0 Å². The van der Waals surface area contributed by atoms with Crippen molar-refractivity contribution in [2.24, 2.45) is 11.8 Å². The van der Waals surface area contributed by atoms with Crippen LogP contribution in [0.2, 0.25) is 0 Å². The Kier molecular flexibility index (Phi) is 3.10. The van der Waals surface area contributed by atoms with Gasteiger partial charge in [-0.25, -0.2) is 4.98 Å². The van der Waals surface area contributed by atoms with Crippen molar-refractivity contribution in [3.05, 3.63) is 84.7 Å². The maximum absolute atomic E-state index is 13.2. The van der Waals surface area contributed by atoms with E-state index in [1.54, 1.807) is 6.33 Å². The smallest absolute Gasteiger partial charge is 0.235 e. The number of benzene rings is 2. The van der Waals surface area contributed by atoms with E-state index in [2.05, 4.69) is 28.2 Å². The van der Waals surface area contributed by atoms with E-state index < -0.39 is 0 Å². The Bertz CT molecular complexity index is 1000. The van der Waals surface area contributed by atoms with E-state index in [0.717, 1.165) is 22.3 Å². The highest BCUT2D eigenvalue weighted by Crippen LogP contribution is 2.46. The van der Waals surface area contributed by atoms with Crippen LogP contribution in [0.4, 0.5) is 5.69 Å². The molecule has 0 radical (unpaired) electrons. The van der Waals surface area contributed by atoms with Gasteiger partial charge in [-0.3, -0.25) is 4.79 Å². The lowest BCUT2D eigenvalue weighted by Crippen LogP contribution is -2.29. The number of hydrogen-bond donors (Lipinski definition) is 1. The lowest BCUT2D eigenvalue weighted by Gasteiger charge is -2.28. The number of anilines is 1. The van der Waals surface area contributed by atoms with Gasteiger partial charge in [0, 0.05) is 11.6 Å².